The summed E-state index contributed by atoms with van der Waals surface area (Å²) in [6, 6.07) is 5.57. The average Bonchev–Trinajstić information content (AvgIpc) is 3.32. The number of hydrogen-bond donors (Lipinski definition) is 2. The maximum absolute atomic E-state index is 14.1. The Labute approximate surface area is 193 Å². The summed E-state index contributed by atoms with van der Waals surface area (Å²) in [4.78, 5) is 10.6. The Morgan fingerprint density at radius 3 is 2.62 bits per heavy atom. The van der Waals surface area contributed by atoms with Crippen molar-refractivity contribution in [1.82, 2.24) is 19.7 Å². The van der Waals surface area contributed by atoms with Crippen molar-refractivity contribution in [1.29, 1.82) is 0 Å². The summed E-state index contributed by atoms with van der Waals surface area (Å²) in [6.45, 7) is -0.0449. The molecule has 1 aromatic carbocycles. The van der Waals surface area contributed by atoms with Gasteiger partial charge in [0.2, 0.25) is 5.95 Å². The Morgan fingerprint density at radius 2 is 1.97 bits per heavy atom. The lowest BCUT2D eigenvalue weighted by molar-refractivity contribution is 0.118. The maximum atomic E-state index is 14.1. The van der Waals surface area contributed by atoms with Crippen molar-refractivity contribution in [3.63, 3.8) is 0 Å². The van der Waals surface area contributed by atoms with Gasteiger partial charge in [-0.05, 0) is 25.0 Å². The highest BCUT2D eigenvalue weighted by Crippen LogP contribution is 2.33. The van der Waals surface area contributed by atoms with Gasteiger partial charge >= 0.3 is 0 Å². The number of sulfone groups is 1. The van der Waals surface area contributed by atoms with Crippen LogP contribution in [0, 0.1) is 0 Å². The van der Waals surface area contributed by atoms with Gasteiger partial charge in [-0.15, -0.1) is 0 Å². The van der Waals surface area contributed by atoms with Crippen molar-refractivity contribution < 1.29 is 26.7 Å². The Kier molecular flexibility index (Phi) is 5.63. The zero-order chi connectivity index (χ0) is 24.2. The highest BCUT2D eigenvalue weighted by atomic mass is 32.2. The Morgan fingerprint density at radius 1 is 1.21 bits per heavy atom. The molecule has 182 valence electrons. The molecule has 2 atom stereocenters. The number of aromatic nitrogens is 4. The minimum Gasteiger partial charge on any atom is -0.388 e. The average molecular weight is 497 g/mol. The van der Waals surface area contributed by atoms with Gasteiger partial charge in [-0.3, -0.25) is 0 Å². The van der Waals surface area contributed by atoms with Crippen LogP contribution in [0.15, 0.2) is 30.5 Å². The fraction of sp³-hybridized carbons (Fsp3) is 0.476. The first kappa shape index (κ1) is 22.8. The van der Waals surface area contributed by atoms with E-state index in [4.69, 9.17) is 0 Å². The van der Waals surface area contributed by atoms with Crippen LogP contribution in [0.5, 0.6) is 0 Å². The fourth-order valence-corrected chi connectivity index (χ4v) is 5.48. The van der Waals surface area contributed by atoms with E-state index in [2.05, 4.69) is 20.4 Å². The third-order valence-corrected chi connectivity index (χ3v) is 7.92. The van der Waals surface area contributed by atoms with Crippen molar-refractivity contribution in [2.75, 3.05) is 29.6 Å². The summed E-state index contributed by atoms with van der Waals surface area (Å²) < 4.78 is 65.4. The van der Waals surface area contributed by atoms with Gasteiger partial charge in [0.05, 0.1) is 29.1 Å². The predicted octanol–water partition coefficient (Wildman–Crippen LogP) is 2.26. The smallest absolute Gasteiger partial charge is 0.263 e. The third-order valence-electron chi connectivity index (χ3n) is 6.33. The van der Waals surface area contributed by atoms with E-state index in [0.29, 0.717) is 35.4 Å². The van der Waals surface area contributed by atoms with Crippen LogP contribution in [0.2, 0.25) is 0 Å². The molecule has 0 spiro atoms. The standard InChI is InChI=1S/C21H23F3N6O3S/c1-34(32,33)14-6-12(7-14)26-21-27-19(29-9-16(22)17(31)10-29)15-8-25-30(20(15)28-21)13-4-2-3-11(5-13)18(23)24/h2-5,8,12,14,16-18,31H,6-7,9-10H2,1H3,(H,26,27,28)/t12-,14-,16-,17-/m1/s1. The SMILES string of the molecule is CS(=O)(=O)[C@H]1C[C@H](Nc2nc(N3C[C@@H](O)[C@H](F)C3)c3cnn(-c4cccc(C(F)F)c4)c3n2)C1. The van der Waals surface area contributed by atoms with E-state index in [1.165, 1.54) is 35.3 Å². The minimum absolute atomic E-state index is 0.0261. The largest absolute Gasteiger partial charge is 0.388 e. The molecular formula is C21H23F3N6O3S. The van der Waals surface area contributed by atoms with Gasteiger partial charge in [0.1, 0.15) is 27.9 Å². The van der Waals surface area contributed by atoms with E-state index in [-0.39, 0.29) is 30.6 Å². The van der Waals surface area contributed by atoms with Crippen LogP contribution in [-0.2, 0) is 9.84 Å². The summed E-state index contributed by atoms with van der Waals surface area (Å²) in [5.41, 5.74) is 0.515. The van der Waals surface area contributed by atoms with Crippen molar-refractivity contribution in [3.05, 3.63) is 36.0 Å². The number of anilines is 2. The van der Waals surface area contributed by atoms with Crippen LogP contribution < -0.4 is 10.2 Å². The molecule has 3 heterocycles. The molecule has 2 aliphatic rings. The Balaban J connectivity index is 1.55. The molecular weight excluding hydrogens is 473 g/mol. The third kappa shape index (κ3) is 4.17. The second-order valence-electron chi connectivity index (χ2n) is 8.81. The number of rotatable bonds is 6. The van der Waals surface area contributed by atoms with E-state index in [1.807, 2.05) is 0 Å². The van der Waals surface area contributed by atoms with Gasteiger partial charge < -0.3 is 15.3 Å². The molecule has 1 aliphatic heterocycles. The molecule has 0 radical (unpaired) electrons. The first-order valence-corrected chi connectivity index (χ1v) is 12.7. The molecule has 1 aliphatic carbocycles. The maximum Gasteiger partial charge on any atom is 0.263 e. The molecule has 1 saturated carbocycles. The van der Waals surface area contributed by atoms with E-state index in [1.54, 1.807) is 11.0 Å². The van der Waals surface area contributed by atoms with E-state index >= 15 is 0 Å². The highest BCUT2D eigenvalue weighted by Gasteiger charge is 2.37. The Bertz CT molecular complexity index is 1320. The number of β-amino-alcohol motifs (C(OH)–C–C–N with tert-alkyl or cyclic N) is 1. The highest BCUT2D eigenvalue weighted by molar-refractivity contribution is 7.91. The number of nitrogens with one attached hydrogen (secondary N) is 1. The number of halogens is 3. The quantitative estimate of drug-likeness (QED) is 0.535. The lowest BCUT2D eigenvalue weighted by atomic mass is 9.92. The lowest BCUT2D eigenvalue weighted by Crippen LogP contribution is -2.43. The minimum atomic E-state index is -3.14. The van der Waals surface area contributed by atoms with Crippen molar-refractivity contribution in [2.24, 2.45) is 0 Å². The molecule has 2 N–H and O–H groups in total. The zero-order valence-corrected chi connectivity index (χ0v) is 19.0. The molecule has 1 saturated heterocycles. The summed E-state index contributed by atoms with van der Waals surface area (Å²) in [5.74, 6) is 0.532. The van der Waals surface area contributed by atoms with E-state index in [9.17, 15) is 26.7 Å². The van der Waals surface area contributed by atoms with Gasteiger partial charge in [0.25, 0.3) is 6.43 Å². The molecule has 0 bridgehead atoms. The number of benzene rings is 1. The number of hydrogen-bond acceptors (Lipinski definition) is 8. The normalized spacial score (nSPS) is 25.2. The first-order valence-electron chi connectivity index (χ1n) is 10.8. The number of nitrogens with zero attached hydrogens (tertiary/aromatic N) is 5. The number of fused-ring (bicyclic) bond motifs is 1. The lowest BCUT2D eigenvalue weighted by Gasteiger charge is -2.34. The van der Waals surface area contributed by atoms with Crippen LogP contribution in [0.1, 0.15) is 24.8 Å². The summed E-state index contributed by atoms with van der Waals surface area (Å²) in [7, 11) is -3.14. The van der Waals surface area contributed by atoms with Crippen LogP contribution in [0.3, 0.4) is 0 Å². The molecule has 2 fully saturated rings. The van der Waals surface area contributed by atoms with Gasteiger partial charge in [-0.2, -0.15) is 15.1 Å². The fourth-order valence-electron chi connectivity index (χ4n) is 4.32. The van der Waals surface area contributed by atoms with Crippen molar-refractivity contribution in [3.8, 4) is 5.69 Å². The van der Waals surface area contributed by atoms with Gasteiger partial charge in [-0.25, -0.2) is 26.3 Å². The number of alkyl halides is 3. The second-order valence-corrected chi connectivity index (χ2v) is 11.1. The molecule has 13 heteroatoms. The zero-order valence-electron chi connectivity index (χ0n) is 18.1. The van der Waals surface area contributed by atoms with Crippen LogP contribution >= 0.6 is 0 Å². The molecule has 9 nitrogen and oxygen atoms in total. The van der Waals surface area contributed by atoms with Gasteiger partial charge in [0, 0.05) is 24.4 Å². The molecule has 34 heavy (non-hydrogen) atoms. The second kappa shape index (κ2) is 8.38. The molecule has 5 rings (SSSR count). The first-order chi connectivity index (χ1) is 16.1. The summed E-state index contributed by atoms with van der Waals surface area (Å²) >= 11 is 0. The molecule has 0 amide bonds. The molecule has 0 unspecified atom stereocenters. The van der Waals surface area contributed by atoms with Crippen LogP contribution in [0.25, 0.3) is 16.7 Å². The summed E-state index contributed by atoms with van der Waals surface area (Å²) in [6.07, 6.45) is -1.78. The van der Waals surface area contributed by atoms with Crippen molar-refractivity contribution >= 4 is 32.6 Å². The number of aliphatic hydroxyl groups excluding tert-OH is 1. The Hall–Kier alpha value is -2.93. The summed E-state index contributed by atoms with van der Waals surface area (Å²) in [5, 5.41) is 17.4. The van der Waals surface area contributed by atoms with E-state index < -0.39 is 33.8 Å². The van der Waals surface area contributed by atoms with Crippen LogP contribution in [0.4, 0.5) is 24.9 Å². The van der Waals surface area contributed by atoms with Gasteiger partial charge in [0.15, 0.2) is 5.65 Å². The molecule has 2 aromatic heterocycles. The van der Waals surface area contributed by atoms with Crippen molar-refractivity contribution in [2.45, 2.75) is 42.8 Å². The van der Waals surface area contributed by atoms with E-state index in [0.717, 1.165) is 0 Å². The number of aliphatic hydroxyl groups is 1. The monoisotopic (exact) mass is 496 g/mol. The topological polar surface area (TPSA) is 113 Å². The van der Waals surface area contributed by atoms with Gasteiger partial charge in [-0.1, -0.05) is 12.1 Å². The predicted molar refractivity (Wildman–Crippen MR) is 120 cm³/mol. The molecule has 3 aromatic rings. The van der Waals surface area contributed by atoms with Crippen LogP contribution in [-0.4, -0.2) is 76.2 Å².